The van der Waals surface area contributed by atoms with E-state index in [1.807, 2.05) is 13.2 Å². The fourth-order valence-corrected chi connectivity index (χ4v) is 2.22. The van der Waals surface area contributed by atoms with Gasteiger partial charge in [0.15, 0.2) is 0 Å². The maximum atomic E-state index is 9.51. The Labute approximate surface area is 89.0 Å². The van der Waals surface area contributed by atoms with E-state index in [1.165, 1.54) is 0 Å². The maximum absolute atomic E-state index is 9.51. The van der Waals surface area contributed by atoms with Gasteiger partial charge in [-0.1, -0.05) is 0 Å². The number of thioether (sulfide) groups is 1. The average molecular weight is 221 g/mol. The molecule has 5 heteroatoms. The molecule has 4 atom stereocenters. The Bertz CT molecular complexity index is 166. The average Bonchev–Trinajstić information content (AvgIpc) is 2.54. The van der Waals surface area contributed by atoms with Gasteiger partial charge in [0.2, 0.25) is 0 Å². The van der Waals surface area contributed by atoms with E-state index in [0.29, 0.717) is 13.2 Å². The van der Waals surface area contributed by atoms with Crippen LogP contribution in [0.2, 0.25) is 0 Å². The van der Waals surface area contributed by atoms with E-state index in [2.05, 4.69) is 5.32 Å². The highest BCUT2D eigenvalue weighted by Crippen LogP contribution is 2.13. The molecule has 1 saturated heterocycles. The highest BCUT2D eigenvalue weighted by molar-refractivity contribution is 7.99. The summed E-state index contributed by atoms with van der Waals surface area (Å²) in [5.41, 5.74) is 0. The quantitative estimate of drug-likeness (QED) is 0.581. The molecule has 0 amide bonds. The topological polar surface area (TPSA) is 61.7 Å². The van der Waals surface area contributed by atoms with Crippen molar-refractivity contribution in [3.8, 4) is 0 Å². The molecule has 14 heavy (non-hydrogen) atoms. The van der Waals surface area contributed by atoms with Gasteiger partial charge in [-0.25, -0.2) is 0 Å². The number of aliphatic hydroxyl groups excluding tert-OH is 2. The second-order valence-corrected chi connectivity index (χ2v) is 4.70. The highest BCUT2D eigenvalue weighted by atomic mass is 32.2. The highest BCUT2D eigenvalue weighted by Gasteiger charge is 2.28. The van der Waals surface area contributed by atoms with Gasteiger partial charge < -0.3 is 20.3 Å². The fraction of sp³-hybridized carbons (Fsp3) is 1.00. The minimum atomic E-state index is -0.418. The Hall–Kier alpha value is 0.190. The molecule has 1 rings (SSSR count). The zero-order valence-corrected chi connectivity index (χ0v) is 9.46. The molecule has 0 aromatic carbocycles. The van der Waals surface area contributed by atoms with E-state index in [0.717, 1.165) is 0 Å². The molecular weight excluding hydrogens is 202 g/mol. The molecule has 3 N–H and O–H groups in total. The first kappa shape index (κ1) is 12.3. The molecule has 1 heterocycles. The second kappa shape index (κ2) is 5.92. The summed E-state index contributed by atoms with van der Waals surface area (Å²) >= 11 is 1.63. The molecule has 1 aliphatic heterocycles. The summed E-state index contributed by atoms with van der Waals surface area (Å²) in [6, 6.07) is 0.183. The molecule has 1 aliphatic rings. The molecule has 0 aromatic heterocycles. The SMILES string of the molecule is CSC(CO)C(C)NC1COCC1O. The van der Waals surface area contributed by atoms with Crippen LogP contribution in [0.1, 0.15) is 6.92 Å². The zero-order valence-electron chi connectivity index (χ0n) is 8.64. The van der Waals surface area contributed by atoms with Crippen LogP contribution < -0.4 is 5.32 Å². The molecule has 1 fully saturated rings. The van der Waals surface area contributed by atoms with Crippen LogP contribution in [0.15, 0.2) is 0 Å². The van der Waals surface area contributed by atoms with E-state index in [4.69, 9.17) is 9.84 Å². The van der Waals surface area contributed by atoms with Crippen molar-refractivity contribution in [1.29, 1.82) is 0 Å². The van der Waals surface area contributed by atoms with Crippen LogP contribution in [0.25, 0.3) is 0 Å². The molecule has 0 radical (unpaired) electrons. The van der Waals surface area contributed by atoms with E-state index in [9.17, 15) is 5.11 Å². The van der Waals surface area contributed by atoms with Crippen molar-refractivity contribution in [1.82, 2.24) is 5.32 Å². The minimum Gasteiger partial charge on any atom is -0.395 e. The first-order chi connectivity index (χ1) is 6.69. The van der Waals surface area contributed by atoms with Gasteiger partial charge in [-0.05, 0) is 13.2 Å². The predicted molar refractivity (Wildman–Crippen MR) is 57.6 cm³/mol. The van der Waals surface area contributed by atoms with Gasteiger partial charge in [-0.3, -0.25) is 0 Å². The summed E-state index contributed by atoms with van der Waals surface area (Å²) in [7, 11) is 0. The molecule has 0 saturated carbocycles. The van der Waals surface area contributed by atoms with E-state index >= 15 is 0 Å². The van der Waals surface area contributed by atoms with Gasteiger partial charge in [0.25, 0.3) is 0 Å². The van der Waals surface area contributed by atoms with Crippen molar-refractivity contribution in [2.45, 2.75) is 30.4 Å². The molecule has 0 spiro atoms. The van der Waals surface area contributed by atoms with E-state index in [-0.39, 0.29) is 23.9 Å². The lowest BCUT2D eigenvalue weighted by Crippen LogP contribution is -2.48. The Morgan fingerprint density at radius 3 is 2.71 bits per heavy atom. The Morgan fingerprint density at radius 2 is 2.29 bits per heavy atom. The third-order valence-electron chi connectivity index (χ3n) is 2.57. The number of nitrogens with one attached hydrogen (secondary N) is 1. The van der Waals surface area contributed by atoms with Crippen LogP contribution in [0.3, 0.4) is 0 Å². The number of ether oxygens (including phenoxy) is 1. The monoisotopic (exact) mass is 221 g/mol. The van der Waals surface area contributed by atoms with E-state index in [1.54, 1.807) is 11.8 Å². The van der Waals surface area contributed by atoms with Gasteiger partial charge in [-0.15, -0.1) is 0 Å². The van der Waals surface area contributed by atoms with Crippen LogP contribution in [-0.4, -0.2) is 59.7 Å². The van der Waals surface area contributed by atoms with Crippen LogP contribution >= 0.6 is 11.8 Å². The molecule has 0 aromatic rings. The van der Waals surface area contributed by atoms with E-state index < -0.39 is 6.10 Å². The largest absolute Gasteiger partial charge is 0.395 e. The fourth-order valence-electron chi connectivity index (χ4n) is 1.58. The number of rotatable bonds is 5. The molecule has 0 bridgehead atoms. The minimum absolute atomic E-state index is 0.00574. The Balaban J connectivity index is 2.34. The maximum Gasteiger partial charge on any atom is 0.0948 e. The molecule has 84 valence electrons. The van der Waals surface area contributed by atoms with Gasteiger partial charge in [-0.2, -0.15) is 11.8 Å². The molecule has 0 aliphatic carbocycles. The second-order valence-electron chi connectivity index (χ2n) is 3.62. The van der Waals surface area contributed by atoms with Crippen LogP contribution in [0.4, 0.5) is 0 Å². The lowest BCUT2D eigenvalue weighted by molar-refractivity contribution is 0.121. The van der Waals surface area contributed by atoms with Gasteiger partial charge in [0.05, 0.1) is 32.0 Å². The summed E-state index contributed by atoms with van der Waals surface area (Å²) in [4.78, 5) is 0. The standard InChI is InChI=1S/C9H19NO3S/c1-6(9(3-11)14-2)10-7-4-13-5-8(7)12/h6-12H,3-5H2,1-2H3. The first-order valence-electron chi connectivity index (χ1n) is 4.84. The molecular formula is C9H19NO3S. The molecule has 4 unspecified atom stereocenters. The van der Waals surface area contributed by atoms with Crippen molar-refractivity contribution in [3.05, 3.63) is 0 Å². The van der Waals surface area contributed by atoms with Crippen molar-refractivity contribution < 1.29 is 14.9 Å². The normalized spacial score (nSPS) is 31.7. The lowest BCUT2D eigenvalue weighted by Gasteiger charge is -2.25. The summed E-state index contributed by atoms with van der Waals surface area (Å²) in [5, 5.41) is 22.0. The van der Waals surface area contributed by atoms with Crippen molar-refractivity contribution >= 4 is 11.8 Å². The smallest absolute Gasteiger partial charge is 0.0948 e. The van der Waals surface area contributed by atoms with Crippen molar-refractivity contribution in [2.24, 2.45) is 0 Å². The van der Waals surface area contributed by atoms with Crippen molar-refractivity contribution in [3.63, 3.8) is 0 Å². The van der Waals surface area contributed by atoms with Crippen LogP contribution in [0.5, 0.6) is 0 Å². The van der Waals surface area contributed by atoms with Crippen molar-refractivity contribution in [2.75, 3.05) is 26.1 Å². The third kappa shape index (κ3) is 3.10. The first-order valence-corrected chi connectivity index (χ1v) is 6.13. The number of aliphatic hydroxyl groups is 2. The number of hydrogen-bond acceptors (Lipinski definition) is 5. The van der Waals surface area contributed by atoms with Gasteiger partial charge in [0.1, 0.15) is 0 Å². The summed E-state index contributed by atoms with van der Waals surface area (Å²) < 4.78 is 5.14. The van der Waals surface area contributed by atoms with Crippen LogP contribution in [-0.2, 0) is 4.74 Å². The van der Waals surface area contributed by atoms with Crippen LogP contribution in [0, 0.1) is 0 Å². The summed E-state index contributed by atoms with van der Waals surface area (Å²) in [6.45, 7) is 3.13. The Morgan fingerprint density at radius 1 is 1.57 bits per heavy atom. The van der Waals surface area contributed by atoms with Gasteiger partial charge >= 0.3 is 0 Å². The Kier molecular flexibility index (Phi) is 5.19. The lowest BCUT2D eigenvalue weighted by atomic mass is 10.1. The predicted octanol–water partition coefficient (Wildman–Crippen LogP) is -0.552. The molecule has 4 nitrogen and oxygen atoms in total. The zero-order chi connectivity index (χ0) is 10.6. The van der Waals surface area contributed by atoms with Gasteiger partial charge in [0, 0.05) is 11.3 Å². The third-order valence-corrected chi connectivity index (χ3v) is 3.73. The summed E-state index contributed by atoms with van der Waals surface area (Å²) in [5.74, 6) is 0. The number of hydrogen-bond donors (Lipinski definition) is 3. The summed E-state index contributed by atoms with van der Waals surface area (Å²) in [6.07, 6.45) is 1.55.